The predicted molar refractivity (Wildman–Crippen MR) is 115 cm³/mol. The second kappa shape index (κ2) is 9.94. The number of carbonyl (C=O) groups is 1. The number of anilines is 1. The monoisotopic (exact) mass is 400 g/mol. The average Bonchev–Trinajstić information content (AvgIpc) is 2.70. The van der Waals surface area contributed by atoms with E-state index in [4.69, 9.17) is 16.3 Å². The standard InChI is InChI=1S/C23H29ClN2O2/c1-3-4-5-8-15-25-16-21-22(28-19-13-11-18(24)12-14-19)23(27)26(21)20-10-7-6-9-17(20)2/h6-7,9-14,21-22,25H,3-5,8,15-16H2,1-2H3/t21-,22-/m1/s1. The van der Waals surface area contributed by atoms with Gasteiger partial charge in [0.2, 0.25) is 0 Å². The molecule has 1 amide bonds. The molecule has 0 spiro atoms. The number of carbonyl (C=O) groups excluding carboxylic acids is 1. The molecule has 1 aliphatic rings. The summed E-state index contributed by atoms with van der Waals surface area (Å²) in [5.74, 6) is 0.669. The number of benzene rings is 2. The van der Waals surface area contributed by atoms with Crippen molar-refractivity contribution in [2.45, 2.75) is 51.7 Å². The van der Waals surface area contributed by atoms with E-state index >= 15 is 0 Å². The van der Waals surface area contributed by atoms with Gasteiger partial charge >= 0.3 is 0 Å². The predicted octanol–water partition coefficient (Wildman–Crippen LogP) is 4.98. The lowest BCUT2D eigenvalue weighted by molar-refractivity contribution is -0.134. The van der Waals surface area contributed by atoms with Crippen LogP contribution in [0.4, 0.5) is 5.69 Å². The fourth-order valence-electron chi connectivity index (χ4n) is 3.56. The third-order valence-electron chi connectivity index (χ3n) is 5.17. The van der Waals surface area contributed by atoms with E-state index in [1.807, 2.05) is 36.1 Å². The zero-order chi connectivity index (χ0) is 19.9. The molecule has 150 valence electrons. The molecular weight excluding hydrogens is 372 g/mol. The van der Waals surface area contributed by atoms with Gasteiger partial charge in [-0.05, 0) is 55.8 Å². The average molecular weight is 401 g/mol. The Bertz CT molecular complexity index is 778. The van der Waals surface area contributed by atoms with Crippen molar-refractivity contribution in [3.05, 3.63) is 59.1 Å². The second-order valence-electron chi connectivity index (χ2n) is 7.32. The van der Waals surface area contributed by atoms with Gasteiger partial charge in [-0.1, -0.05) is 56.0 Å². The summed E-state index contributed by atoms with van der Waals surface area (Å²) in [6.07, 6.45) is 4.40. The second-order valence-corrected chi connectivity index (χ2v) is 7.76. The summed E-state index contributed by atoms with van der Waals surface area (Å²) in [7, 11) is 0. The largest absolute Gasteiger partial charge is 0.478 e. The fraction of sp³-hybridized carbons (Fsp3) is 0.435. The lowest BCUT2D eigenvalue weighted by atomic mass is 9.95. The first-order valence-corrected chi connectivity index (χ1v) is 10.5. The molecule has 0 aliphatic carbocycles. The quantitative estimate of drug-likeness (QED) is 0.451. The molecule has 0 radical (unpaired) electrons. The summed E-state index contributed by atoms with van der Waals surface area (Å²) in [5.41, 5.74) is 2.05. The van der Waals surface area contributed by atoms with Crippen LogP contribution >= 0.6 is 11.6 Å². The summed E-state index contributed by atoms with van der Waals surface area (Å²) < 4.78 is 6.03. The van der Waals surface area contributed by atoms with Gasteiger partial charge in [-0.2, -0.15) is 0 Å². The van der Waals surface area contributed by atoms with Gasteiger partial charge in [0.15, 0.2) is 6.10 Å². The number of amides is 1. The Balaban J connectivity index is 1.68. The number of β-lactam (4-membered cyclic amide) rings is 1. The molecule has 0 unspecified atom stereocenters. The van der Waals surface area contributed by atoms with Crippen molar-refractivity contribution < 1.29 is 9.53 Å². The zero-order valence-electron chi connectivity index (χ0n) is 16.7. The normalized spacial score (nSPS) is 18.8. The number of rotatable bonds is 10. The van der Waals surface area contributed by atoms with E-state index in [1.54, 1.807) is 24.3 Å². The maximum atomic E-state index is 12.9. The summed E-state index contributed by atoms with van der Waals surface area (Å²) >= 11 is 5.95. The Hall–Kier alpha value is -2.04. The van der Waals surface area contributed by atoms with Crippen LogP contribution in [0.5, 0.6) is 5.75 Å². The minimum absolute atomic E-state index is 0.00188. The van der Waals surface area contributed by atoms with E-state index in [1.165, 1.54) is 19.3 Å². The maximum absolute atomic E-state index is 12.9. The number of hydrogen-bond donors (Lipinski definition) is 1. The molecule has 28 heavy (non-hydrogen) atoms. The van der Waals surface area contributed by atoms with Crippen molar-refractivity contribution in [1.82, 2.24) is 5.32 Å². The SMILES string of the molecule is CCCCCCNC[C@@H]1[C@@H](Oc2ccc(Cl)cc2)C(=O)N1c1ccccc1C. The van der Waals surface area contributed by atoms with Crippen molar-refractivity contribution in [2.24, 2.45) is 0 Å². The maximum Gasteiger partial charge on any atom is 0.270 e. The van der Waals surface area contributed by atoms with Gasteiger partial charge in [-0.15, -0.1) is 0 Å². The van der Waals surface area contributed by atoms with Crippen LogP contribution in [0.2, 0.25) is 5.02 Å². The molecule has 2 aromatic carbocycles. The highest BCUT2D eigenvalue weighted by Crippen LogP contribution is 2.33. The number of aryl methyl sites for hydroxylation is 1. The molecule has 0 saturated carbocycles. The molecule has 1 N–H and O–H groups in total. The van der Waals surface area contributed by atoms with E-state index in [0.717, 1.165) is 24.2 Å². The minimum Gasteiger partial charge on any atom is -0.478 e. The number of ether oxygens (including phenoxy) is 1. The highest BCUT2D eigenvalue weighted by molar-refractivity contribution is 6.30. The first-order chi connectivity index (χ1) is 13.6. The topological polar surface area (TPSA) is 41.6 Å². The van der Waals surface area contributed by atoms with E-state index in [9.17, 15) is 4.79 Å². The van der Waals surface area contributed by atoms with Crippen LogP contribution in [0.15, 0.2) is 48.5 Å². The van der Waals surface area contributed by atoms with Crippen LogP contribution in [0, 0.1) is 6.92 Å². The third kappa shape index (κ3) is 4.86. The minimum atomic E-state index is -0.482. The summed E-state index contributed by atoms with van der Waals surface area (Å²) in [5, 5.41) is 4.17. The Labute approximate surface area is 172 Å². The van der Waals surface area contributed by atoms with Gasteiger partial charge in [0.05, 0.1) is 6.04 Å². The van der Waals surface area contributed by atoms with Gasteiger partial charge in [0.25, 0.3) is 5.91 Å². The third-order valence-corrected chi connectivity index (χ3v) is 5.43. The molecule has 5 heteroatoms. The number of unbranched alkanes of at least 4 members (excludes halogenated alkanes) is 3. The molecule has 3 rings (SSSR count). The van der Waals surface area contributed by atoms with Crippen LogP contribution < -0.4 is 15.0 Å². The summed E-state index contributed by atoms with van der Waals surface area (Å²) in [6, 6.07) is 15.1. The first kappa shape index (κ1) is 20.7. The molecule has 4 nitrogen and oxygen atoms in total. The van der Waals surface area contributed by atoms with Crippen molar-refractivity contribution in [3.8, 4) is 5.75 Å². The molecule has 2 atom stereocenters. The van der Waals surface area contributed by atoms with Crippen LogP contribution in [-0.2, 0) is 4.79 Å². The van der Waals surface area contributed by atoms with Crippen LogP contribution in [-0.4, -0.2) is 31.1 Å². The van der Waals surface area contributed by atoms with Crippen molar-refractivity contribution in [3.63, 3.8) is 0 Å². The molecule has 2 aromatic rings. The van der Waals surface area contributed by atoms with Gasteiger partial charge in [-0.3, -0.25) is 4.79 Å². The lowest BCUT2D eigenvalue weighted by Crippen LogP contribution is -2.70. The highest BCUT2D eigenvalue weighted by atomic mass is 35.5. The summed E-state index contributed by atoms with van der Waals surface area (Å²) in [4.78, 5) is 14.8. The van der Waals surface area contributed by atoms with Gasteiger partial charge in [0.1, 0.15) is 5.75 Å². The first-order valence-electron chi connectivity index (χ1n) is 10.1. The molecule has 1 fully saturated rings. The zero-order valence-corrected chi connectivity index (χ0v) is 17.4. The summed E-state index contributed by atoms with van der Waals surface area (Å²) in [6.45, 7) is 5.92. The van der Waals surface area contributed by atoms with E-state index in [0.29, 0.717) is 17.3 Å². The number of hydrogen-bond acceptors (Lipinski definition) is 3. The number of nitrogens with zero attached hydrogens (tertiary/aromatic N) is 1. The van der Waals surface area contributed by atoms with Crippen molar-refractivity contribution in [1.29, 1.82) is 0 Å². The van der Waals surface area contributed by atoms with Crippen molar-refractivity contribution in [2.75, 3.05) is 18.0 Å². The molecule has 0 bridgehead atoms. The van der Waals surface area contributed by atoms with Crippen LogP contribution in [0.25, 0.3) is 0 Å². The van der Waals surface area contributed by atoms with Gasteiger partial charge in [0, 0.05) is 17.3 Å². The lowest BCUT2D eigenvalue weighted by Gasteiger charge is -2.47. The Morgan fingerprint density at radius 2 is 1.82 bits per heavy atom. The van der Waals surface area contributed by atoms with E-state index in [2.05, 4.69) is 12.2 Å². The smallest absolute Gasteiger partial charge is 0.270 e. The Morgan fingerprint density at radius 1 is 1.07 bits per heavy atom. The molecule has 0 aromatic heterocycles. The van der Waals surface area contributed by atoms with Gasteiger partial charge in [-0.25, -0.2) is 0 Å². The number of nitrogens with one attached hydrogen (secondary N) is 1. The molecule has 1 saturated heterocycles. The van der Waals surface area contributed by atoms with Gasteiger partial charge < -0.3 is 15.0 Å². The number of halogens is 1. The highest BCUT2D eigenvalue weighted by Gasteiger charge is 2.50. The molecular formula is C23H29ClN2O2. The van der Waals surface area contributed by atoms with Crippen LogP contribution in [0.3, 0.4) is 0 Å². The van der Waals surface area contributed by atoms with Crippen LogP contribution in [0.1, 0.15) is 38.2 Å². The van der Waals surface area contributed by atoms with Crippen molar-refractivity contribution >= 4 is 23.2 Å². The molecule has 1 heterocycles. The van der Waals surface area contributed by atoms with E-state index < -0.39 is 6.10 Å². The van der Waals surface area contributed by atoms with E-state index in [-0.39, 0.29) is 11.9 Å². The number of para-hydroxylation sites is 1. The molecule has 1 aliphatic heterocycles. The fourth-order valence-corrected chi connectivity index (χ4v) is 3.69. The Kier molecular flexibility index (Phi) is 7.35. The Morgan fingerprint density at radius 3 is 2.54 bits per heavy atom.